The van der Waals surface area contributed by atoms with Crippen molar-refractivity contribution >= 4 is 46.8 Å². The van der Waals surface area contributed by atoms with E-state index in [-0.39, 0.29) is 40.1 Å². The maximum Gasteiger partial charge on any atom is 0.490 e. The van der Waals surface area contributed by atoms with Gasteiger partial charge in [0.15, 0.2) is 29.9 Å². The largest absolute Gasteiger partial charge is 0.619 e. The number of carbonyl (C=O) groups excluding carboxylic acids is 2. The van der Waals surface area contributed by atoms with Gasteiger partial charge in [-0.15, -0.1) is 0 Å². The third-order valence-electron chi connectivity index (χ3n) is 8.23. The molecular weight excluding hydrogens is 820 g/mol. The number of carboxylic acids is 1. The van der Waals surface area contributed by atoms with Crippen LogP contribution in [0.5, 0.6) is 11.5 Å². The zero-order chi connectivity index (χ0) is 42.6. The average molecular weight is 859 g/mol. The lowest BCUT2D eigenvalue weighted by Crippen LogP contribution is -2.27. The van der Waals surface area contributed by atoms with E-state index < -0.39 is 42.8 Å². The van der Waals surface area contributed by atoms with Gasteiger partial charge in [-0.2, -0.15) is 26.7 Å². The van der Waals surface area contributed by atoms with Crippen LogP contribution in [0.3, 0.4) is 0 Å². The van der Waals surface area contributed by atoms with Crippen molar-refractivity contribution in [2.24, 2.45) is 5.92 Å². The molecule has 1 heterocycles. The SMILES string of the molecule is CN(C)CCOC(=O)C(Nc1cccc(C(=O)O[C@@H](Cc2c(Cl)c[n+]([O-])cc2Cl)c2ccc(OC(F)F)c(OCC3CC3)c2)c1)c1ccccc1.O=C(O)C(F)(F)F. The molecule has 1 fully saturated rings. The van der Waals surface area contributed by atoms with Gasteiger partial charge in [0, 0.05) is 24.2 Å². The van der Waals surface area contributed by atoms with Gasteiger partial charge in [0.2, 0.25) is 0 Å². The number of nitrogens with zero attached hydrogens (tertiary/aromatic N) is 2. The first-order valence-electron chi connectivity index (χ1n) is 17.4. The van der Waals surface area contributed by atoms with E-state index in [1.165, 1.54) is 24.3 Å². The van der Waals surface area contributed by atoms with Crippen LogP contribution in [-0.4, -0.2) is 74.6 Å². The Morgan fingerprint density at radius 2 is 1.60 bits per heavy atom. The van der Waals surface area contributed by atoms with E-state index in [2.05, 4.69) is 5.32 Å². The summed E-state index contributed by atoms with van der Waals surface area (Å²) in [5, 5.41) is 22.3. The Labute approximate surface area is 339 Å². The molecule has 1 aliphatic carbocycles. The predicted octanol–water partition coefficient (Wildman–Crippen LogP) is 8.05. The highest BCUT2D eigenvalue weighted by atomic mass is 35.5. The van der Waals surface area contributed by atoms with E-state index in [9.17, 15) is 36.7 Å². The van der Waals surface area contributed by atoms with Crippen LogP contribution in [0.15, 0.2) is 85.2 Å². The van der Waals surface area contributed by atoms with Crippen LogP contribution in [-0.2, 0) is 25.5 Å². The van der Waals surface area contributed by atoms with Crippen molar-refractivity contribution < 1.29 is 65.1 Å². The molecule has 1 aromatic heterocycles. The summed E-state index contributed by atoms with van der Waals surface area (Å²) in [7, 11) is 3.75. The summed E-state index contributed by atoms with van der Waals surface area (Å²) in [6.07, 6.45) is -2.06. The molecule has 0 saturated heterocycles. The van der Waals surface area contributed by atoms with Crippen LogP contribution in [0, 0.1) is 11.1 Å². The molecule has 0 aliphatic heterocycles. The fraction of sp³-hybridized carbons (Fsp3) is 0.333. The molecular formula is C39H38Cl2F5N3O9. The molecule has 12 nitrogen and oxygen atoms in total. The maximum absolute atomic E-state index is 13.8. The number of benzene rings is 3. The van der Waals surface area contributed by atoms with Crippen LogP contribution in [0.2, 0.25) is 10.0 Å². The fourth-order valence-electron chi connectivity index (χ4n) is 5.10. The number of carboxylic acid groups (broad SMARTS) is 1. The molecule has 0 radical (unpaired) electrons. The smallest absolute Gasteiger partial charge is 0.490 e. The number of ether oxygens (including phenoxy) is 4. The number of anilines is 1. The lowest BCUT2D eigenvalue weighted by atomic mass is 10.0. The fourth-order valence-corrected chi connectivity index (χ4v) is 5.70. The number of rotatable bonds is 17. The Bertz CT molecular complexity index is 2000. The summed E-state index contributed by atoms with van der Waals surface area (Å²) >= 11 is 12.8. The highest BCUT2D eigenvalue weighted by Crippen LogP contribution is 2.38. The van der Waals surface area contributed by atoms with Gasteiger partial charge in [-0.1, -0.05) is 65.7 Å². The van der Waals surface area contributed by atoms with E-state index in [4.69, 9.17) is 52.1 Å². The molecule has 312 valence electrons. The molecule has 3 aromatic carbocycles. The lowest BCUT2D eigenvalue weighted by molar-refractivity contribution is -0.605. The summed E-state index contributed by atoms with van der Waals surface area (Å²) in [5.41, 5.74) is 1.95. The van der Waals surface area contributed by atoms with Gasteiger partial charge in [-0.3, -0.25) is 0 Å². The molecule has 19 heteroatoms. The van der Waals surface area contributed by atoms with Crippen molar-refractivity contribution in [2.75, 3.05) is 39.2 Å². The van der Waals surface area contributed by atoms with Crippen molar-refractivity contribution in [3.05, 3.63) is 123 Å². The standard InChI is InChI=1S/C37H37Cl2F2N3O7.C2HF3O2/c1-43(2)15-16-48-36(46)34(24-7-4-3-5-8-24)42-27-10-6-9-26(17-27)35(45)50-32(19-28-29(38)20-44(47)21-30(28)39)25-13-14-31(51-37(40)41)33(18-25)49-22-23-11-12-23;3-2(4,5)1(6)7/h3-10,13-14,17-18,20-21,23,32,34,37,42H,11-12,15-16,19,22H2,1-2H3;(H,6,7)/t32-,34?;/m0./s1. The summed E-state index contributed by atoms with van der Waals surface area (Å²) in [6.45, 7) is -2.05. The molecule has 1 unspecified atom stereocenters. The number of halogens is 7. The number of pyridine rings is 1. The summed E-state index contributed by atoms with van der Waals surface area (Å²) in [4.78, 5) is 37.8. The molecule has 4 aromatic rings. The number of aliphatic carboxylic acids is 1. The maximum atomic E-state index is 13.8. The van der Waals surface area contributed by atoms with E-state index in [0.29, 0.717) is 46.2 Å². The molecule has 1 aliphatic rings. The Morgan fingerprint density at radius 3 is 2.19 bits per heavy atom. The summed E-state index contributed by atoms with van der Waals surface area (Å²) in [6, 6.07) is 18.8. The first-order valence-corrected chi connectivity index (χ1v) is 18.2. The third-order valence-corrected chi connectivity index (χ3v) is 8.88. The number of nitrogens with one attached hydrogen (secondary N) is 1. The van der Waals surface area contributed by atoms with E-state index in [1.54, 1.807) is 42.5 Å². The summed E-state index contributed by atoms with van der Waals surface area (Å²) in [5.74, 6) is -3.80. The Hall–Kier alpha value is -5.39. The minimum atomic E-state index is -5.08. The van der Waals surface area contributed by atoms with Crippen LogP contribution in [0.1, 0.15) is 52.0 Å². The zero-order valence-corrected chi connectivity index (χ0v) is 32.4. The van der Waals surface area contributed by atoms with Crippen molar-refractivity contribution in [2.45, 2.75) is 44.2 Å². The number of alkyl halides is 5. The van der Waals surface area contributed by atoms with Gasteiger partial charge in [-0.05, 0) is 74.3 Å². The Kier molecular flexibility index (Phi) is 16.3. The van der Waals surface area contributed by atoms with Crippen LogP contribution < -0.4 is 19.5 Å². The topological polar surface area (TPSA) is 151 Å². The number of likely N-dealkylation sites (N-methyl/N-ethyl adjacent to an activating group) is 1. The van der Waals surface area contributed by atoms with E-state index >= 15 is 0 Å². The first-order chi connectivity index (χ1) is 27.4. The second-order valence-corrected chi connectivity index (χ2v) is 13.9. The molecule has 2 atom stereocenters. The number of hydrogen-bond acceptors (Lipinski definition) is 10. The molecule has 58 heavy (non-hydrogen) atoms. The molecule has 0 amide bonds. The quantitative estimate of drug-likeness (QED) is 0.0460. The second-order valence-electron chi connectivity index (χ2n) is 13.1. The van der Waals surface area contributed by atoms with Crippen LogP contribution >= 0.6 is 23.2 Å². The van der Waals surface area contributed by atoms with Crippen molar-refractivity contribution in [1.82, 2.24) is 4.90 Å². The number of esters is 2. The van der Waals surface area contributed by atoms with Crippen LogP contribution in [0.4, 0.5) is 27.6 Å². The monoisotopic (exact) mass is 857 g/mol. The number of carbonyl (C=O) groups is 3. The summed E-state index contributed by atoms with van der Waals surface area (Å²) < 4.78 is 80.8. The lowest BCUT2D eigenvalue weighted by Gasteiger charge is -2.22. The van der Waals surface area contributed by atoms with Gasteiger partial charge in [0.1, 0.15) is 22.8 Å². The van der Waals surface area contributed by atoms with Gasteiger partial charge in [0.25, 0.3) is 0 Å². The van der Waals surface area contributed by atoms with Crippen LogP contribution in [0.25, 0.3) is 0 Å². The zero-order valence-electron chi connectivity index (χ0n) is 30.9. The molecule has 0 spiro atoms. The van der Waals surface area contributed by atoms with Gasteiger partial charge < -0.3 is 39.5 Å². The van der Waals surface area contributed by atoms with E-state index in [1.807, 2.05) is 25.1 Å². The minimum Gasteiger partial charge on any atom is -0.619 e. The highest BCUT2D eigenvalue weighted by Gasteiger charge is 2.38. The first kappa shape index (κ1) is 45.3. The molecule has 5 rings (SSSR count). The molecule has 1 saturated carbocycles. The number of aromatic nitrogens is 1. The van der Waals surface area contributed by atoms with Gasteiger partial charge >= 0.3 is 30.7 Å². The minimum absolute atomic E-state index is 0.0389. The molecule has 2 N–H and O–H groups in total. The predicted molar refractivity (Wildman–Crippen MR) is 201 cm³/mol. The Balaban J connectivity index is 0.000000973. The van der Waals surface area contributed by atoms with E-state index in [0.717, 1.165) is 25.2 Å². The second kappa shape index (κ2) is 20.9. The molecule has 0 bridgehead atoms. The van der Waals surface area contributed by atoms with Gasteiger partial charge in [0.05, 0.1) is 12.2 Å². The van der Waals surface area contributed by atoms with Crippen molar-refractivity contribution in [3.63, 3.8) is 0 Å². The third kappa shape index (κ3) is 14.2. The normalized spacial score (nSPS) is 13.5. The Morgan fingerprint density at radius 1 is 0.948 bits per heavy atom. The van der Waals surface area contributed by atoms with Gasteiger partial charge in [-0.25, -0.2) is 14.4 Å². The number of hydrogen-bond donors (Lipinski definition) is 2. The van der Waals surface area contributed by atoms with Crippen molar-refractivity contribution in [1.29, 1.82) is 0 Å². The highest BCUT2D eigenvalue weighted by molar-refractivity contribution is 6.35. The average Bonchev–Trinajstić information content (AvgIpc) is 3.99. The van der Waals surface area contributed by atoms with Crippen molar-refractivity contribution in [3.8, 4) is 11.5 Å².